The van der Waals surface area contributed by atoms with Crippen molar-refractivity contribution in [1.82, 2.24) is 0 Å². The molecule has 0 spiro atoms. The summed E-state index contributed by atoms with van der Waals surface area (Å²) in [5.41, 5.74) is 3.02. The van der Waals surface area contributed by atoms with Gasteiger partial charge in [-0.3, -0.25) is 9.59 Å². The monoisotopic (exact) mass is 390 g/mol. The van der Waals surface area contributed by atoms with Crippen LogP contribution in [0.3, 0.4) is 0 Å². The van der Waals surface area contributed by atoms with Gasteiger partial charge < -0.3 is 15.5 Å². The molecule has 1 aliphatic rings. The molecule has 0 unspecified atom stereocenters. The Hall–Kier alpha value is -3.50. The molecule has 3 rings (SSSR count). The average molecular weight is 390 g/mol. The van der Waals surface area contributed by atoms with E-state index in [9.17, 15) is 14.9 Å². The topological polar surface area (TPSA) is 85.2 Å². The maximum absolute atomic E-state index is 12.8. The van der Waals surface area contributed by atoms with Gasteiger partial charge in [0.2, 0.25) is 5.91 Å². The fourth-order valence-electron chi connectivity index (χ4n) is 2.70. The molecule has 0 aromatic heterocycles. The lowest BCUT2D eigenvalue weighted by molar-refractivity contribution is -0.114. The largest absolute Gasteiger partial charge is 0.326 e. The number of anilines is 3. The molecule has 140 valence electrons. The molecule has 28 heavy (non-hydrogen) atoms. The van der Waals surface area contributed by atoms with E-state index in [1.54, 1.807) is 24.3 Å². The van der Waals surface area contributed by atoms with Crippen LogP contribution in [-0.4, -0.2) is 11.8 Å². The Labute approximate surface area is 167 Å². The molecule has 0 fully saturated rings. The van der Waals surface area contributed by atoms with E-state index >= 15 is 0 Å². The number of hydrogen-bond acceptors (Lipinski definition) is 5. The lowest BCUT2D eigenvalue weighted by Gasteiger charge is -2.22. The highest BCUT2D eigenvalue weighted by Gasteiger charge is 2.27. The third kappa shape index (κ3) is 4.24. The van der Waals surface area contributed by atoms with Gasteiger partial charge in [-0.2, -0.15) is 5.26 Å². The highest BCUT2D eigenvalue weighted by molar-refractivity contribution is 8.06. The van der Waals surface area contributed by atoms with Crippen molar-refractivity contribution in [2.24, 2.45) is 0 Å². The minimum Gasteiger partial charge on any atom is -0.326 e. The smallest absolute Gasteiger partial charge is 0.269 e. The second-order valence-electron chi connectivity index (χ2n) is 6.05. The number of carbonyl (C=O) groups is 2. The van der Waals surface area contributed by atoms with Crippen LogP contribution < -0.4 is 15.5 Å². The molecule has 2 aromatic carbocycles. The Bertz CT molecular complexity index is 1000. The Morgan fingerprint density at radius 2 is 1.61 bits per heavy atom. The summed E-state index contributed by atoms with van der Waals surface area (Å²) in [6, 6.07) is 18.3. The van der Waals surface area contributed by atoms with Gasteiger partial charge in [-0.05, 0) is 48.7 Å². The molecule has 2 N–H and O–H groups in total. The first-order valence-electron chi connectivity index (χ1n) is 8.51. The van der Waals surface area contributed by atoms with Gasteiger partial charge in [-0.1, -0.05) is 30.0 Å². The second kappa shape index (κ2) is 8.46. The molecule has 1 heterocycles. The molecule has 0 aliphatic carbocycles. The molecule has 0 saturated carbocycles. The zero-order valence-electron chi connectivity index (χ0n) is 15.4. The number of nitrogens with zero attached hydrogens (tertiary/aromatic N) is 2. The summed E-state index contributed by atoms with van der Waals surface area (Å²) in [6.07, 6.45) is 0. The van der Waals surface area contributed by atoms with Crippen LogP contribution in [0.1, 0.15) is 13.8 Å². The fraction of sp³-hybridized carbons (Fsp3) is 0.0952. The summed E-state index contributed by atoms with van der Waals surface area (Å²) in [7, 11) is 0. The predicted molar refractivity (Wildman–Crippen MR) is 112 cm³/mol. The lowest BCUT2D eigenvalue weighted by Crippen LogP contribution is -2.21. The lowest BCUT2D eigenvalue weighted by atomic mass is 10.2. The van der Waals surface area contributed by atoms with Crippen molar-refractivity contribution in [3.05, 3.63) is 76.3 Å². The molecule has 0 radical (unpaired) electrons. The maximum Gasteiger partial charge on any atom is 0.269 e. The number of carbonyl (C=O) groups excluding carboxylic acids is 2. The minimum atomic E-state index is -0.485. The SMILES string of the molecule is CC(=O)Nc1ccc(NC(=O)/C(C#N)=C2\SC=C(C)N2c2ccccc2)cc1. The van der Waals surface area contributed by atoms with Crippen molar-refractivity contribution in [1.29, 1.82) is 5.26 Å². The molecular formula is C21H18N4O2S. The van der Waals surface area contributed by atoms with E-state index in [0.29, 0.717) is 16.4 Å². The van der Waals surface area contributed by atoms with Gasteiger partial charge >= 0.3 is 0 Å². The van der Waals surface area contributed by atoms with Crippen LogP contribution in [0.4, 0.5) is 17.1 Å². The summed E-state index contributed by atoms with van der Waals surface area (Å²) >= 11 is 1.35. The van der Waals surface area contributed by atoms with Gasteiger partial charge in [0.05, 0.1) is 0 Å². The van der Waals surface area contributed by atoms with Gasteiger partial charge in [0.1, 0.15) is 16.7 Å². The number of para-hydroxylation sites is 1. The normalized spacial score (nSPS) is 14.8. The van der Waals surface area contributed by atoms with Gasteiger partial charge in [0, 0.05) is 29.7 Å². The molecular weight excluding hydrogens is 372 g/mol. The number of allylic oxidation sites excluding steroid dienone is 1. The van der Waals surface area contributed by atoms with E-state index in [4.69, 9.17) is 0 Å². The number of nitriles is 1. The molecule has 0 saturated heterocycles. The van der Waals surface area contributed by atoms with Crippen molar-refractivity contribution in [2.75, 3.05) is 15.5 Å². The standard InChI is InChI=1S/C21H18N4O2S/c1-14-13-28-21(25(14)18-6-4-3-5-7-18)19(12-22)20(27)24-17-10-8-16(9-11-17)23-15(2)26/h3-11,13H,1-2H3,(H,23,26)(H,24,27)/b21-19-. The quantitative estimate of drug-likeness (QED) is 0.596. The Morgan fingerprint density at radius 3 is 2.18 bits per heavy atom. The first kappa shape index (κ1) is 19.3. The van der Waals surface area contributed by atoms with Crippen LogP contribution in [0.5, 0.6) is 0 Å². The van der Waals surface area contributed by atoms with Crippen LogP contribution in [0.15, 0.2) is 76.3 Å². The number of nitrogens with one attached hydrogen (secondary N) is 2. The van der Waals surface area contributed by atoms with E-state index in [-0.39, 0.29) is 11.5 Å². The zero-order chi connectivity index (χ0) is 20.1. The average Bonchev–Trinajstić information content (AvgIpc) is 3.05. The van der Waals surface area contributed by atoms with Gasteiger partial charge in [-0.15, -0.1) is 0 Å². The Kier molecular flexibility index (Phi) is 5.82. The summed E-state index contributed by atoms with van der Waals surface area (Å²) in [4.78, 5) is 25.7. The molecule has 0 atom stereocenters. The summed E-state index contributed by atoms with van der Waals surface area (Å²) < 4.78 is 0. The number of benzene rings is 2. The molecule has 2 amide bonds. The van der Waals surface area contributed by atoms with Crippen molar-refractivity contribution < 1.29 is 9.59 Å². The molecule has 7 heteroatoms. The van der Waals surface area contributed by atoms with E-state index < -0.39 is 5.91 Å². The van der Waals surface area contributed by atoms with Gasteiger partial charge in [0.25, 0.3) is 5.91 Å². The van der Waals surface area contributed by atoms with Crippen LogP contribution in [0, 0.1) is 11.3 Å². The third-order valence-corrected chi connectivity index (χ3v) is 5.00. The summed E-state index contributed by atoms with van der Waals surface area (Å²) in [6.45, 7) is 3.36. The summed E-state index contributed by atoms with van der Waals surface area (Å²) in [5, 5.41) is 17.5. The van der Waals surface area contributed by atoms with Crippen LogP contribution in [0.2, 0.25) is 0 Å². The van der Waals surface area contributed by atoms with E-state index in [0.717, 1.165) is 11.4 Å². The van der Waals surface area contributed by atoms with Gasteiger partial charge in [0.15, 0.2) is 0 Å². The maximum atomic E-state index is 12.8. The number of hydrogen-bond donors (Lipinski definition) is 2. The number of rotatable bonds is 4. The predicted octanol–water partition coefficient (Wildman–Crippen LogP) is 4.43. The van der Waals surface area contributed by atoms with Crippen molar-refractivity contribution in [2.45, 2.75) is 13.8 Å². The van der Waals surface area contributed by atoms with Crippen molar-refractivity contribution >= 4 is 40.6 Å². The number of amides is 2. The third-order valence-electron chi connectivity index (χ3n) is 3.93. The Morgan fingerprint density at radius 1 is 1.00 bits per heavy atom. The summed E-state index contributed by atoms with van der Waals surface area (Å²) in [5.74, 6) is -0.656. The van der Waals surface area contributed by atoms with E-state index in [2.05, 4.69) is 10.6 Å². The molecule has 2 aromatic rings. The first-order chi connectivity index (χ1) is 13.5. The first-order valence-corrected chi connectivity index (χ1v) is 9.39. The van der Waals surface area contributed by atoms with Crippen molar-refractivity contribution in [3.63, 3.8) is 0 Å². The van der Waals surface area contributed by atoms with E-state index in [1.165, 1.54) is 18.7 Å². The minimum absolute atomic E-state index is 0.0351. The molecule has 0 bridgehead atoms. The molecule has 6 nitrogen and oxygen atoms in total. The van der Waals surface area contributed by atoms with Crippen LogP contribution >= 0.6 is 11.8 Å². The Balaban J connectivity index is 1.85. The van der Waals surface area contributed by atoms with Crippen LogP contribution in [0.25, 0.3) is 0 Å². The number of thioether (sulfide) groups is 1. The second-order valence-corrected chi connectivity index (χ2v) is 6.91. The highest BCUT2D eigenvalue weighted by Crippen LogP contribution is 2.40. The van der Waals surface area contributed by atoms with Crippen LogP contribution in [-0.2, 0) is 9.59 Å². The zero-order valence-corrected chi connectivity index (χ0v) is 16.2. The highest BCUT2D eigenvalue weighted by atomic mass is 32.2. The van der Waals surface area contributed by atoms with Crippen molar-refractivity contribution in [3.8, 4) is 6.07 Å². The molecule has 1 aliphatic heterocycles. The fourth-order valence-corrected chi connectivity index (χ4v) is 3.70. The van der Waals surface area contributed by atoms with E-state index in [1.807, 2.05) is 53.6 Å². The van der Waals surface area contributed by atoms with Gasteiger partial charge in [-0.25, -0.2) is 0 Å².